The fourth-order valence-corrected chi connectivity index (χ4v) is 3.53. The zero-order valence-corrected chi connectivity index (χ0v) is 17.4. The molecule has 1 aliphatic heterocycles. The molecule has 0 unspecified atom stereocenters. The van der Waals surface area contributed by atoms with Crippen LogP contribution >= 0.6 is 0 Å². The molecule has 3 heterocycles. The Labute approximate surface area is 167 Å². The molecule has 0 aromatic carbocycles. The van der Waals surface area contributed by atoms with Crippen LogP contribution in [0, 0.1) is 19.8 Å². The van der Waals surface area contributed by atoms with Gasteiger partial charge in [-0.2, -0.15) is 5.10 Å². The Kier molecular flexibility index (Phi) is 6.67. The lowest BCUT2D eigenvalue weighted by atomic mass is 10.1. The normalized spacial score (nSPS) is 14.5. The maximum absolute atomic E-state index is 12.4. The van der Waals surface area contributed by atoms with Crippen molar-refractivity contribution in [3.63, 3.8) is 0 Å². The van der Waals surface area contributed by atoms with E-state index in [1.807, 2.05) is 25.3 Å². The van der Waals surface area contributed by atoms with E-state index in [0.29, 0.717) is 24.6 Å². The number of amides is 1. The van der Waals surface area contributed by atoms with Crippen molar-refractivity contribution in [3.05, 3.63) is 35.3 Å². The van der Waals surface area contributed by atoms with Crippen LogP contribution in [-0.4, -0.2) is 47.0 Å². The second-order valence-corrected chi connectivity index (χ2v) is 7.77. The molecule has 1 fully saturated rings. The highest BCUT2D eigenvalue weighted by molar-refractivity contribution is 5.90. The van der Waals surface area contributed by atoms with E-state index in [1.54, 1.807) is 0 Å². The smallest absolute Gasteiger partial charge is 0.225 e. The summed E-state index contributed by atoms with van der Waals surface area (Å²) in [4.78, 5) is 19.0. The van der Waals surface area contributed by atoms with Gasteiger partial charge in [0.25, 0.3) is 0 Å². The van der Waals surface area contributed by atoms with E-state index in [1.165, 1.54) is 5.56 Å². The number of ether oxygens (including phenoxy) is 1. The highest BCUT2D eigenvalue weighted by Gasteiger charge is 2.15. The van der Waals surface area contributed by atoms with Crippen LogP contribution in [0.25, 0.3) is 0 Å². The van der Waals surface area contributed by atoms with E-state index < -0.39 is 0 Å². The highest BCUT2D eigenvalue weighted by Crippen LogP contribution is 2.18. The average molecular weight is 386 g/mol. The van der Waals surface area contributed by atoms with Gasteiger partial charge in [-0.25, -0.2) is 4.98 Å². The van der Waals surface area contributed by atoms with Crippen LogP contribution in [0.5, 0.6) is 0 Å². The van der Waals surface area contributed by atoms with Crippen LogP contribution in [0.4, 0.5) is 11.5 Å². The van der Waals surface area contributed by atoms with E-state index in [4.69, 9.17) is 4.74 Å². The van der Waals surface area contributed by atoms with Gasteiger partial charge in [0.1, 0.15) is 5.82 Å². The minimum atomic E-state index is -0.0259. The van der Waals surface area contributed by atoms with E-state index >= 15 is 0 Å². The Hall–Kier alpha value is -2.41. The molecule has 3 rings (SSSR count). The summed E-state index contributed by atoms with van der Waals surface area (Å²) < 4.78 is 7.43. The number of nitrogens with zero attached hydrogens (tertiary/aromatic N) is 4. The number of carbonyl (C=O) groups excluding carboxylic acids is 1. The molecule has 7 heteroatoms. The second kappa shape index (κ2) is 9.19. The van der Waals surface area contributed by atoms with Crippen molar-refractivity contribution in [3.8, 4) is 0 Å². The lowest BCUT2D eigenvalue weighted by molar-refractivity contribution is -0.116. The Morgan fingerprint density at radius 2 is 2.00 bits per heavy atom. The summed E-state index contributed by atoms with van der Waals surface area (Å²) in [5, 5.41) is 7.53. The van der Waals surface area contributed by atoms with Gasteiger partial charge in [-0.3, -0.25) is 9.48 Å². The number of morpholine rings is 1. The molecule has 1 amide bonds. The first-order valence-corrected chi connectivity index (χ1v) is 10.1. The van der Waals surface area contributed by atoms with Crippen molar-refractivity contribution in [2.75, 3.05) is 36.5 Å². The van der Waals surface area contributed by atoms with Gasteiger partial charge in [-0.05, 0) is 43.9 Å². The highest BCUT2D eigenvalue weighted by atomic mass is 16.5. The van der Waals surface area contributed by atoms with Gasteiger partial charge in [0.15, 0.2) is 0 Å². The van der Waals surface area contributed by atoms with Gasteiger partial charge in [-0.15, -0.1) is 0 Å². The molecule has 0 saturated carbocycles. The third kappa shape index (κ3) is 5.10. The SMILES string of the molecule is Cc1nn(CC(C)C)c(C)c1CCC(=O)Nc1ccc(N2CCOCC2)cn1. The van der Waals surface area contributed by atoms with Gasteiger partial charge in [0.05, 0.1) is 30.8 Å². The van der Waals surface area contributed by atoms with Crippen LogP contribution in [0.3, 0.4) is 0 Å². The van der Waals surface area contributed by atoms with E-state index in [-0.39, 0.29) is 5.91 Å². The first-order valence-electron chi connectivity index (χ1n) is 10.1. The number of hydrogen-bond donors (Lipinski definition) is 1. The zero-order chi connectivity index (χ0) is 20.1. The van der Waals surface area contributed by atoms with Crippen molar-refractivity contribution in [1.82, 2.24) is 14.8 Å². The summed E-state index contributed by atoms with van der Waals surface area (Å²) in [6.07, 6.45) is 2.92. The minimum absolute atomic E-state index is 0.0259. The third-order valence-corrected chi connectivity index (χ3v) is 5.06. The monoisotopic (exact) mass is 385 g/mol. The molecule has 0 atom stereocenters. The van der Waals surface area contributed by atoms with Crippen LogP contribution in [0.1, 0.15) is 37.2 Å². The molecule has 0 aliphatic carbocycles. The summed E-state index contributed by atoms with van der Waals surface area (Å²) >= 11 is 0. The predicted molar refractivity (Wildman–Crippen MR) is 111 cm³/mol. The molecular formula is C21H31N5O2. The van der Waals surface area contributed by atoms with Crippen LogP contribution < -0.4 is 10.2 Å². The largest absolute Gasteiger partial charge is 0.378 e. The zero-order valence-electron chi connectivity index (χ0n) is 17.4. The van der Waals surface area contributed by atoms with Crippen molar-refractivity contribution < 1.29 is 9.53 Å². The van der Waals surface area contributed by atoms with E-state index in [9.17, 15) is 4.79 Å². The summed E-state index contributed by atoms with van der Waals surface area (Å²) in [6, 6.07) is 3.86. The average Bonchev–Trinajstić information content (AvgIpc) is 2.94. The standard InChI is InChI=1S/C21H31N5O2/c1-15(2)14-26-17(4)19(16(3)24-26)6-8-21(27)23-20-7-5-18(13-22-20)25-9-11-28-12-10-25/h5,7,13,15H,6,8-12,14H2,1-4H3,(H,22,23,27). The summed E-state index contributed by atoms with van der Waals surface area (Å²) in [5.41, 5.74) is 4.41. The van der Waals surface area contributed by atoms with Gasteiger partial charge in [0.2, 0.25) is 5.91 Å². The summed E-state index contributed by atoms with van der Waals surface area (Å²) in [7, 11) is 0. The molecule has 1 aliphatic rings. The van der Waals surface area contributed by atoms with Crippen LogP contribution in [0.2, 0.25) is 0 Å². The number of rotatable bonds is 7. The Morgan fingerprint density at radius 3 is 2.64 bits per heavy atom. The maximum atomic E-state index is 12.4. The van der Waals surface area contributed by atoms with Gasteiger partial charge in [0, 0.05) is 31.7 Å². The fourth-order valence-electron chi connectivity index (χ4n) is 3.53. The van der Waals surface area contributed by atoms with E-state index in [0.717, 1.165) is 49.9 Å². The van der Waals surface area contributed by atoms with E-state index in [2.05, 4.69) is 45.8 Å². The number of aromatic nitrogens is 3. The topological polar surface area (TPSA) is 72.3 Å². The molecular weight excluding hydrogens is 354 g/mol. The first-order chi connectivity index (χ1) is 13.4. The molecule has 7 nitrogen and oxygen atoms in total. The molecule has 28 heavy (non-hydrogen) atoms. The lowest BCUT2D eigenvalue weighted by Crippen LogP contribution is -2.36. The molecule has 1 saturated heterocycles. The quantitative estimate of drug-likeness (QED) is 0.793. The molecule has 1 N–H and O–H groups in total. The van der Waals surface area contributed by atoms with Crippen LogP contribution in [0.15, 0.2) is 18.3 Å². The van der Waals surface area contributed by atoms with Crippen molar-refractivity contribution >= 4 is 17.4 Å². The first kappa shape index (κ1) is 20.3. The van der Waals surface area contributed by atoms with Gasteiger partial charge >= 0.3 is 0 Å². The second-order valence-electron chi connectivity index (χ2n) is 7.77. The number of hydrogen-bond acceptors (Lipinski definition) is 5. The van der Waals surface area contributed by atoms with Gasteiger partial charge in [-0.1, -0.05) is 13.8 Å². The molecule has 152 valence electrons. The maximum Gasteiger partial charge on any atom is 0.225 e. The Balaban J connectivity index is 1.54. The van der Waals surface area contributed by atoms with Gasteiger partial charge < -0.3 is 15.0 Å². The molecule has 0 spiro atoms. The number of aryl methyl sites for hydroxylation is 1. The Bertz CT molecular complexity index is 792. The Morgan fingerprint density at radius 1 is 1.25 bits per heavy atom. The van der Waals surface area contributed by atoms with Crippen molar-refractivity contribution in [2.24, 2.45) is 5.92 Å². The molecule has 0 bridgehead atoms. The molecule has 2 aromatic heterocycles. The molecule has 0 radical (unpaired) electrons. The molecule has 2 aromatic rings. The number of carbonyl (C=O) groups is 1. The lowest BCUT2D eigenvalue weighted by Gasteiger charge is -2.28. The fraction of sp³-hybridized carbons (Fsp3) is 0.571. The predicted octanol–water partition coefficient (Wildman–Crippen LogP) is 2.96. The van der Waals surface area contributed by atoms with Crippen molar-refractivity contribution in [2.45, 2.75) is 47.1 Å². The van der Waals surface area contributed by atoms with Crippen molar-refractivity contribution in [1.29, 1.82) is 0 Å². The third-order valence-electron chi connectivity index (χ3n) is 5.06. The van der Waals surface area contributed by atoms with Crippen LogP contribution in [-0.2, 0) is 22.5 Å². The number of pyridine rings is 1. The summed E-state index contributed by atoms with van der Waals surface area (Å²) in [5.74, 6) is 1.11. The number of anilines is 2. The summed E-state index contributed by atoms with van der Waals surface area (Å²) in [6.45, 7) is 12.6. The minimum Gasteiger partial charge on any atom is -0.378 e. The number of nitrogens with one attached hydrogen (secondary N) is 1.